The number of nitrogens with zero attached hydrogens (tertiary/aromatic N) is 2. The molecule has 3 nitrogen and oxygen atoms in total. The Morgan fingerprint density at radius 3 is 2.90 bits per heavy atom. The molecule has 3 heteroatoms. The molecule has 0 bridgehead atoms. The summed E-state index contributed by atoms with van der Waals surface area (Å²) in [7, 11) is 0. The molecule has 1 aromatic rings. The van der Waals surface area contributed by atoms with Crippen LogP contribution in [0.2, 0.25) is 0 Å². The van der Waals surface area contributed by atoms with Gasteiger partial charge in [0.25, 0.3) is 6.04 Å². The van der Waals surface area contributed by atoms with E-state index in [0.717, 1.165) is 11.3 Å². The highest BCUT2D eigenvalue weighted by Crippen LogP contribution is 2.19. The summed E-state index contributed by atoms with van der Waals surface area (Å²) in [4.78, 5) is 3.34. The largest absolute Gasteiger partial charge is 0.361 e. The lowest BCUT2D eigenvalue weighted by molar-refractivity contribution is 0.396. The fourth-order valence-electron chi connectivity index (χ4n) is 0.777. The minimum absolute atomic E-state index is 0.133. The van der Waals surface area contributed by atoms with E-state index in [1.165, 1.54) is 0 Å². The Labute approximate surface area is 59.5 Å². The Kier molecular flexibility index (Phi) is 1.72. The van der Waals surface area contributed by atoms with Gasteiger partial charge in [-0.15, -0.1) is 0 Å². The van der Waals surface area contributed by atoms with E-state index in [2.05, 4.69) is 10.0 Å². The number of hydrogen-bond acceptors (Lipinski definition) is 2. The number of rotatable bonds is 1. The second-order valence-corrected chi connectivity index (χ2v) is 2.14. The van der Waals surface area contributed by atoms with Crippen molar-refractivity contribution in [3.63, 3.8) is 0 Å². The molecular formula is C7H8N2O. The molecule has 52 valence electrons. The van der Waals surface area contributed by atoms with Crippen LogP contribution in [0.5, 0.6) is 0 Å². The maximum absolute atomic E-state index is 6.74. The van der Waals surface area contributed by atoms with E-state index in [1.54, 1.807) is 6.20 Å². The molecule has 1 aromatic heterocycles. The highest BCUT2D eigenvalue weighted by Gasteiger charge is 2.14. The van der Waals surface area contributed by atoms with Crippen LogP contribution >= 0.6 is 0 Å². The van der Waals surface area contributed by atoms with E-state index in [1.807, 2.05) is 13.8 Å². The van der Waals surface area contributed by atoms with Crippen LogP contribution in [0.4, 0.5) is 0 Å². The van der Waals surface area contributed by atoms with Crippen molar-refractivity contribution in [2.75, 3.05) is 0 Å². The molecule has 0 radical (unpaired) electrons. The summed E-state index contributed by atoms with van der Waals surface area (Å²) in [5.74, 6) is 0.739. The SMILES string of the molecule is [C-]#[N+]C(C)c1cnoc1C. The van der Waals surface area contributed by atoms with Crippen molar-refractivity contribution in [3.05, 3.63) is 28.9 Å². The summed E-state index contributed by atoms with van der Waals surface area (Å²) >= 11 is 0. The van der Waals surface area contributed by atoms with Crippen LogP contribution in [0.15, 0.2) is 10.7 Å². The van der Waals surface area contributed by atoms with Crippen molar-refractivity contribution in [1.29, 1.82) is 0 Å². The summed E-state index contributed by atoms with van der Waals surface area (Å²) in [5.41, 5.74) is 0.884. The van der Waals surface area contributed by atoms with Gasteiger partial charge in [-0.25, -0.2) is 6.57 Å². The molecule has 0 aromatic carbocycles. The monoisotopic (exact) mass is 136 g/mol. The van der Waals surface area contributed by atoms with E-state index in [0.29, 0.717) is 0 Å². The molecule has 0 N–H and O–H groups in total. The van der Waals surface area contributed by atoms with Crippen molar-refractivity contribution in [3.8, 4) is 0 Å². The topological polar surface area (TPSA) is 30.4 Å². The average molecular weight is 136 g/mol. The van der Waals surface area contributed by atoms with Crippen LogP contribution in [0.3, 0.4) is 0 Å². The normalized spacial score (nSPS) is 12.5. The Morgan fingerprint density at radius 2 is 2.50 bits per heavy atom. The van der Waals surface area contributed by atoms with Gasteiger partial charge in [0.15, 0.2) is 0 Å². The molecule has 1 atom stereocenters. The second kappa shape index (κ2) is 2.53. The first kappa shape index (κ1) is 6.81. The smallest absolute Gasteiger partial charge is 0.250 e. The van der Waals surface area contributed by atoms with Gasteiger partial charge in [-0.1, -0.05) is 5.16 Å². The van der Waals surface area contributed by atoms with E-state index in [4.69, 9.17) is 11.1 Å². The van der Waals surface area contributed by atoms with Gasteiger partial charge in [-0.2, -0.15) is 0 Å². The molecule has 0 fully saturated rings. The molecule has 0 spiro atoms. The molecule has 0 amide bonds. The van der Waals surface area contributed by atoms with Crippen LogP contribution in [0, 0.1) is 13.5 Å². The van der Waals surface area contributed by atoms with Crippen LogP contribution in [0.1, 0.15) is 24.3 Å². The standard InChI is InChI=1S/C7H8N2O/c1-5(8-3)7-4-9-10-6(7)2/h4-5H,1-2H3. The first-order valence-electron chi connectivity index (χ1n) is 3.03. The highest BCUT2D eigenvalue weighted by atomic mass is 16.5. The molecule has 0 aliphatic carbocycles. The molecule has 0 saturated heterocycles. The third kappa shape index (κ3) is 1.01. The zero-order chi connectivity index (χ0) is 7.56. The molecule has 1 rings (SSSR count). The maximum atomic E-state index is 6.74. The maximum Gasteiger partial charge on any atom is 0.250 e. The summed E-state index contributed by atoms with van der Waals surface area (Å²) in [5, 5.41) is 3.57. The number of aryl methyl sites for hydroxylation is 1. The zero-order valence-electron chi connectivity index (χ0n) is 5.96. The lowest BCUT2D eigenvalue weighted by Gasteiger charge is -1.91. The van der Waals surface area contributed by atoms with Crippen LogP contribution in [0.25, 0.3) is 4.85 Å². The van der Waals surface area contributed by atoms with E-state index < -0.39 is 0 Å². The van der Waals surface area contributed by atoms with Gasteiger partial charge in [0.2, 0.25) is 0 Å². The van der Waals surface area contributed by atoms with E-state index >= 15 is 0 Å². The first-order chi connectivity index (χ1) is 4.75. The van der Waals surface area contributed by atoms with Crippen molar-refractivity contribution in [2.24, 2.45) is 0 Å². The van der Waals surface area contributed by atoms with Gasteiger partial charge in [0.1, 0.15) is 5.76 Å². The quantitative estimate of drug-likeness (QED) is 0.552. The van der Waals surface area contributed by atoms with Crippen molar-refractivity contribution in [1.82, 2.24) is 5.16 Å². The van der Waals surface area contributed by atoms with Crippen molar-refractivity contribution in [2.45, 2.75) is 19.9 Å². The van der Waals surface area contributed by atoms with Crippen LogP contribution in [-0.2, 0) is 0 Å². The number of hydrogen-bond donors (Lipinski definition) is 0. The summed E-state index contributed by atoms with van der Waals surface area (Å²) < 4.78 is 4.79. The number of aromatic nitrogens is 1. The molecular weight excluding hydrogens is 128 g/mol. The molecule has 0 aliphatic heterocycles. The lowest BCUT2D eigenvalue weighted by atomic mass is 10.1. The van der Waals surface area contributed by atoms with Gasteiger partial charge in [-0.3, -0.25) is 0 Å². The molecule has 1 unspecified atom stereocenters. The van der Waals surface area contributed by atoms with Crippen molar-refractivity contribution >= 4 is 0 Å². The van der Waals surface area contributed by atoms with Gasteiger partial charge >= 0.3 is 0 Å². The van der Waals surface area contributed by atoms with Gasteiger partial charge < -0.3 is 9.37 Å². The molecule has 0 aliphatic rings. The molecule has 10 heavy (non-hydrogen) atoms. The summed E-state index contributed by atoms with van der Waals surface area (Å²) in [6.07, 6.45) is 1.60. The molecule has 0 saturated carbocycles. The minimum Gasteiger partial charge on any atom is -0.361 e. The minimum atomic E-state index is -0.133. The Hall–Kier alpha value is -1.30. The predicted octanol–water partition coefficient (Wildman–Crippen LogP) is 1.96. The third-order valence-electron chi connectivity index (χ3n) is 1.43. The Bertz CT molecular complexity index is 259. The average Bonchev–Trinajstić information content (AvgIpc) is 2.34. The summed E-state index contributed by atoms with van der Waals surface area (Å²) in [6, 6.07) is -0.133. The van der Waals surface area contributed by atoms with Crippen LogP contribution in [-0.4, -0.2) is 5.16 Å². The fraction of sp³-hybridized carbons (Fsp3) is 0.429. The van der Waals surface area contributed by atoms with Gasteiger partial charge in [0.05, 0.1) is 11.8 Å². The Morgan fingerprint density at radius 1 is 1.80 bits per heavy atom. The highest BCUT2D eigenvalue weighted by molar-refractivity contribution is 5.18. The second-order valence-electron chi connectivity index (χ2n) is 2.14. The first-order valence-corrected chi connectivity index (χ1v) is 3.03. The van der Waals surface area contributed by atoms with Gasteiger partial charge in [-0.05, 0) is 6.92 Å². The fourth-order valence-corrected chi connectivity index (χ4v) is 0.777. The Balaban J connectivity index is 2.96. The lowest BCUT2D eigenvalue weighted by Crippen LogP contribution is -1.84. The molecule has 1 heterocycles. The third-order valence-corrected chi connectivity index (χ3v) is 1.43. The van der Waals surface area contributed by atoms with Crippen LogP contribution < -0.4 is 0 Å². The zero-order valence-corrected chi connectivity index (χ0v) is 5.96. The van der Waals surface area contributed by atoms with E-state index in [9.17, 15) is 0 Å². The van der Waals surface area contributed by atoms with E-state index in [-0.39, 0.29) is 6.04 Å². The van der Waals surface area contributed by atoms with Gasteiger partial charge in [0, 0.05) is 6.92 Å². The summed E-state index contributed by atoms with van der Waals surface area (Å²) in [6.45, 7) is 10.4. The predicted molar refractivity (Wildman–Crippen MR) is 36.3 cm³/mol. The van der Waals surface area contributed by atoms with Crippen molar-refractivity contribution < 1.29 is 4.52 Å².